The molecule has 174 valence electrons. The predicted molar refractivity (Wildman–Crippen MR) is 115 cm³/mol. The molecule has 4 rings (SSSR count). The molecule has 1 aliphatic heterocycles. The van der Waals surface area contributed by atoms with Crippen molar-refractivity contribution >= 4 is 5.91 Å². The smallest absolute Gasteiger partial charge is 0.434 e. The number of halogens is 3. The lowest BCUT2D eigenvalue weighted by Gasteiger charge is -2.13. The van der Waals surface area contributed by atoms with Crippen molar-refractivity contribution in [2.24, 2.45) is 0 Å². The topological polar surface area (TPSA) is 65.4 Å². The summed E-state index contributed by atoms with van der Waals surface area (Å²) in [6, 6.07) is 13.5. The Morgan fingerprint density at radius 2 is 1.91 bits per heavy atom. The van der Waals surface area contributed by atoms with Crippen molar-refractivity contribution in [3.05, 3.63) is 77.1 Å². The number of aryl methyl sites for hydroxylation is 1. The van der Waals surface area contributed by atoms with E-state index in [0.29, 0.717) is 12.4 Å². The summed E-state index contributed by atoms with van der Waals surface area (Å²) in [5.41, 5.74) is 0.222. The van der Waals surface area contributed by atoms with Gasteiger partial charge in [0.05, 0.1) is 23.6 Å². The summed E-state index contributed by atoms with van der Waals surface area (Å²) in [7, 11) is 0. The molecule has 1 atom stereocenters. The van der Waals surface area contributed by atoms with Crippen molar-refractivity contribution in [1.82, 2.24) is 15.1 Å². The highest BCUT2D eigenvalue weighted by molar-refractivity contribution is 5.95. The highest BCUT2D eigenvalue weighted by Crippen LogP contribution is 2.33. The Balaban J connectivity index is 1.42. The van der Waals surface area contributed by atoms with E-state index in [-0.39, 0.29) is 18.3 Å². The highest BCUT2D eigenvalue weighted by atomic mass is 19.4. The molecule has 1 aromatic heterocycles. The van der Waals surface area contributed by atoms with Gasteiger partial charge in [0.2, 0.25) is 0 Å². The van der Waals surface area contributed by atoms with Crippen molar-refractivity contribution in [1.29, 1.82) is 0 Å². The number of aromatic nitrogens is 2. The number of hydrogen-bond acceptors (Lipinski definition) is 4. The molecule has 1 amide bonds. The Labute approximate surface area is 189 Å². The van der Waals surface area contributed by atoms with Crippen LogP contribution in [0.15, 0.2) is 54.7 Å². The van der Waals surface area contributed by atoms with Gasteiger partial charge in [-0.05, 0) is 49.6 Å². The maximum absolute atomic E-state index is 13.8. The number of carbonyl (C=O) groups excluding carboxylic acids is 1. The van der Waals surface area contributed by atoms with E-state index < -0.39 is 23.3 Å². The number of nitrogens with zero attached hydrogens (tertiary/aromatic N) is 2. The van der Waals surface area contributed by atoms with E-state index in [1.807, 2.05) is 6.92 Å². The lowest BCUT2D eigenvalue weighted by Crippen LogP contribution is -2.26. The average molecular weight is 459 g/mol. The van der Waals surface area contributed by atoms with Crippen LogP contribution in [-0.2, 0) is 17.5 Å². The van der Waals surface area contributed by atoms with Crippen LogP contribution in [-0.4, -0.2) is 35.0 Å². The number of ether oxygens (including phenoxy) is 2. The van der Waals surface area contributed by atoms with Gasteiger partial charge in [-0.15, -0.1) is 0 Å². The van der Waals surface area contributed by atoms with Crippen LogP contribution in [0.25, 0.3) is 5.69 Å². The van der Waals surface area contributed by atoms with Crippen LogP contribution in [0.4, 0.5) is 13.2 Å². The maximum Gasteiger partial charge on any atom is 0.434 e. The highest BCUT2D eigenvalue weighted by Gasteiger charge is 2.40. The third-order valence-electron chi connectivity index (χ3n) is 5.40. The average Bonchev–Trinajstić information content (AvgIpc) is 3.47. The molecule has 1 aliphatic rings. The lowest BCUT2D eigenvalue weighted by atomic mass is 10.2. The molecular formula is C24H24F3N3O3. The number of alkyl halides is 3. The molecule has 1 saturated heterocycles. The van der Waals surface area contributed by atoms with Gasteiger partial charge >= 0.3 is 6.18 Å². The number of amides is 1. The quantitative estimate of drug-likeness (QED) is 0.557. The van der Waals surface area contributed by atoms with Crippen molar-refractivity contribution < 1.29 is 27.4 Å². The van der Waals surface area contributed by atoms with Crippen LogP contribution in [0.1, 0.15) is 40.0 Å². The first-order valence-corrected chi connectivity index (χ1v) is 10.6. The Bertz CT molecular complexity index is 1090. The van der Waals surface area contributed by atoms with Gasteiger partial charge in [0.25, 0.3) is 5.91 Å². The molecule has 0 radical (unpaired) electrons. The summed E-state index contributed by atoms with van der Waals surface area (Å²) >= 11 is 0. The Morgan fingerprint density at radius 1 is 1.18 bits per heavy atom. The molecule has 0 spiro atoms. The van der Waals surface area contributed by atoms with E-state index in [1.165, 1.54) is 12.1 Å². The number of rotatable bonds is 7. The monoisotopic (exact) mass is 459 g/mol. The third kappa shape index (κ3) is 5.54. The molecule has 1 unspecified atom stereocenters. The van der Waals surface area contributed by atoms with E-state index in [4.69, 9.17) is 9.47 Å². The first-order chi connectivity index (χ1) is 15.8. The van der Waals surface area contributed by atoms with Crippen LogP contribution in [0.3, 0.4) is 0 Å². The molecule has 6 nitrogen and oxygen atoms in total. The summed E-state index contributed by atoms with van der Waals surface area (Å²) in [5.74, 6) is -0.182. The summed E-state index contributed by atoms with van der Waals surface area (Å²) in [6.45, 7) is 3.13. The molecule has 9 heteroatoms. The molecule has 0 saturated carbocycles. The molecule has 2 aromatic carbocycles. The minimum absolute atomic E-state index is 0.0673. The Kier molecular flexibility index (Phi) is 6.69. The zero-order chi connectivity index (χ0) is 23.4. The van der Waals surface area contributed by atoms with Crippen LogP contribution >= 0.6 is 0 Å². The molecular weight excluding hydrogens is 435 g/mol. The fourth-order valence-corrected chi connectivity index (χ4v) is 3.62. The second kappa shape index (κ2) is 9.66. The standard InChI is InChI=1S/C24H24F3N3O3/c1-16-4-8-18(9-5-16)30-22(24(25,26)27)21(14-29-30)23(31)28-13-17-6-10-19(11-7-17)33-15-20-3-2-12-32-20/h4-11,14,20H,2-3,12-13,15H2,1H3,(H,28,31). The van der Waals surface area contributed by atoms with Crippen LogP contribution in [0.2, 0.25) is 0 Å². The number of nitrogens with one attached hydrogen (secondary N) is 1. The molecule has 33 heavy (non-hydrogen) atoms. The van der Waals surface area contributed by atoms with E-state index >= 15 is 0 Å². The first kappa shape index (κ1) is 22.8. The van der Waals surface area contributed by atoms with Gasteiger partial charge in [-0.3, -0.25) is 4.79 Å². The van der Waals surface area contributed by atoms with Crippen molar-refractivity contribution in [3.8, 4) is 11.4 Å². The number of hydrogen-bond donors (Lipinski definition) is 1. The zero-order valence-electron chi connectivity index (χ0n) is 18.1. The van der Waals surface area contributed by atoms with E-state index in [2.05, 4.69) is 10.4 Å². The first-order valence-electron chi connectivity index (χ1n) is 10.6. The minimum atomic E-state index is -4.75. The van der Waals surface area contributed by atoms with E-state index in [0.717, 1.165) is 41.5 Å². The van der Waals surface area contributed by atoms with Gasteiger partial charge in [-0.1, -0.05) is 29.8 Å². The van der Waals surface area contributed by atoms with Crippen molar-refractivity contribution in [2.45, 2.75) is 38.6 Å². The summed E-state index contributed by atoms with van der Waals surface area (Å²) < 4.78 is 53.3. The zero-order valence-corrected chi connectivity index (χ0v) is 18.1. The van der Waals surface area contributed by atoms with Crippen molar-refractivity contribution in [2.75, 3.05) is 13.2 Å². The Hall–Kier alpha value is -3.33. The SMILES string of the molecule is Cc1ccc(-n2ncc(C(=O)NCc3ccc(OCC4CCCO4)cc3)c2C(F)(F)F)cc1. The van der Waals surface area contributed by atoms with Crippen LogP contribution in [0, 0.1) is 6.92 Å². The molecule has 1 fully saturated rings. The Morgan fingerprint density at radius 3 is 2.55 bits per heavy atom. The molecule has 2 heterocycles. The normalized spacial score (nSPS) is 16.1. The summed E-state index contributed by atoms with van der Waals surface area (Å²) in [6.07, 6.45) is -1.69. The predicted octanol–water partition coefficient (Wildman–Crippen LogP) is 4.69. The second-order valence-electron chi connectivity index (χ2n) is 7.92. The van der Waals surface area contributed by atoms with Crippen LogP contribution < -0.4 is 10.1 Å². The summed E-state index contributed by atoms with van der Waals surface area (Å²) in [5, 5.41) is 6.38. The fourth-order valence-electron chi connectivity index (χ4n) is 3.62. The minimum Gasteiger partial charge on any atom is -0.491 e. The van der Waals surface area contributed by atoms with Gasteiger partial charge in [0.1, 0.15) is 12.4 Å². The van der Waals surface area contributed by atoms with E-state index in [9.17, 15) is 18.0 Å². The largest absolute Gasteiger partial charge is 0.491 e. The third-order valence-corrected chi connectivity index (χ3v) is 5.40. The van der Waals surface area contributed by atoms with Gasteiger partial charge in [-0.2, -0.15) is 18.3 Å². The van der Waals surface area contributed by atoms with Crippen LogP contribution in [0.5, 0.6) is 5.75 Å². The number of carbonyl (C=O) groups is 1. The molecule has 1 N–H and O–H groups in total. The maximum atomic E-state index is 13.8. The summed E-state index contributed by atoms with van der Waals surface area (Å²) in [4.78, 5) is 12.6. The lowest BCUT2D eigenvalue weighted by molar-refractivity contribution is -0.143. The fraction of sp³-hybridized carbons (Fsp3) is 0.333. The molecule has 0 bridgehead atoms. The molecule has 0 aliphatic carbocycles. The van der Waals surface area contributed by atoms with E-state index in [1.54, 1.807) is 36.4 Å². The number of benzene rings is 2. The van der Waals surface area contributed by atoms with Gasteiger partial charge in [-0.25, -0.2) is 4.68 Å². The van der Waals surface area contributed by atoms with Gasteiger partial charge in [0, 0.05) is 13.2 Å². The van der Waals surface area contributed by atoms with Gasteiger partial charge < -0.3 is 14.8 Å². The van der Waals surface area contributed by atoms with Crippen molar-refractivity contribution in [3.63, 3.8) is 0 Å². The molecule has 3 aromatic rings. The van der Waals surface area contributed by atoms with Gasteiger partial charge in [0.15, 0.2) is 5.69 Å². The second-order valence-corrected chi connectivity index (χ2v) is 7.92.